The van der Waals surface area contributed by atoms with Gasteiger partial charge in [0.2, 0.25) is 0 Å². The van der Waals surface area contributed by atoms with E-state index in [-0.39, 0.29) is 0 Å². The molecule has 4 nitrogen and oxygen atoms in total. The van der Waals surface area contributed by atoms with Gasteiger partial charge in [-0.3, -0.25) is 4.90 Å². The molecule has 0 bridgehead atoms. The molecule has 1 N–H and O–H groups in total. The highest BCUT2D eigenvalue weighted by atomic mass is 16.3. The lowest BCUT2D eigenvalue weighted by atomic mass is 9.90. The molecule has 0 spiro atoms. The molecule has 0 atom stereocenters. The first kappa shape index (κ1) is 13.3. The first-order valence-electron chi connectivity index (χ1n) is 6.97. The van der Waals surface area contributed by atoms with Gasteiger partial charge in [0.15, 0.2) is 0 Å². The molecule has 2 aliphatic heterocycles. The third-order valence-electron chi connectivity index (χ3n) is 4.35. The van der Waals surface area contributed by atoms with Gasteiger partial charge in [0.1, 0.15) is 0 Å². The molecule has 0 amide bonds. The predicted molar refractivity (Wildman–Crippen MR) is 70.2 cm³/mol. The zero-order valence-corrected chi connectivity index (χ0v) is 11.4. The lowest BCUT2D eigenvalue weighted by Gasteiger charge is -2.42. The first-order valence-corrected chi connectivity index (χ1v) is 6.97. The van der Waals surface area contributed by atoms with Crippen LogP contribution in [0.3, 0.4) is 0 Å². The van der Waals surface area contributed by atoms with E-state index in [9.17, 15) is 5.11 Å². The minimum absolute atomic E-state index is 0.429. The number of hydrogen-bond donors (Lipinski definition) is 1. The molecule has 17 heavy (non-hydrogen) atoms. The van der Waals surface area contributed by atoms with E-state index in [2.05, 4.69) is 28.7 Å². The van der Waals surface area contributed by atoms with Crippen molar-refractivity contribution in [1.29, 1.82) is 0 Å². The Hall–Kier alpha value is -0.160. The molecule has 0 aliphatic carbocycles. The third kappa shape index (κ3) is 3.65. The molecule has 0 saturated carbocycles. The van der Waals surface area contributed by atoms with E-state index in [1.807, 2.05) is 0 Å². The summed E-state index contributed by atoms with van der Waals surface area (Å²) in [4.78, 5) is 7.22. The van der Waals surface area contributed by atoms with Crippen LogP contribution in [0.5, 0.6) is 0 Å². The average Bonchev–Trinajstić information content (AvgIpc) is 2.33. The Morgan fingerprint density at radius 3 is 2.06 bits per heavy atom. The minimum atomic E-state index is -0.429. The topological polar surface area (TPSA) is 30.0 Å². The number of β-amino-alcohol motifs (C(OH)–C–C–N with tert-alkyl or cyclic N) is 1. The monoisotopic (exact) mass is 241 g/mol. The number of aliphatic hydroxyl groups is 1. The van der Waals surface area contributed by atoms with Gasteiger partial charge >= 0.3 is 0 Å². The molecular formula is C13H27N3O. The second-order valence-corrected chi connectivity index (χ2v) is 5.74. The van der Waals surface area contributed by atoms with Gasteiger partial charge in [0.05, 0.1) is 5.60 Å². The molecule has 0 unspecified atom stereocenters. The van der Waals surface area contributed by atoms with Crippen LogP contribution >= 0.6 is 0 Å². The molecule has 0 radical (unpaired) electrons. The van der Waals surface area contributed by atoms with Crippen molar-refractivity contribution in [2.24, 2.45) is 0 Å². The number of hydrogen-bond acceptors (Lipinski definition) is 4. The predicted octanol–water partition coefficient (Wildman–Crippen LogP) is 0.0806. The maximum atomic E-state index is 10.6. The SMILES string of the molecule is CCN1CCC(O)(CN2CCN(C)CC2)CC1. The Morgan fingerprint density at radius 2 is 1.53 bits per heavy atom. The van der Waals surface area contributed by atoms with E-state index in [0.717, 1.165) is 65.2 Å². The fourth-order valence-electron chi connectivity index (χ4n) is 2.87. The van der Waals surface area contributed by atoms with E-state index in [1.165, 1.54) is 0 Å². The summed E-state index contributed by atoms with van der Waals surface area (Å²) >= 11 is 0. The maximum Gasteiger partial charge on any atom is 0.0798 e. The van der Waals surface area contributed by atoms with Crippen molar-refractivity contribution in [1.82, 2.24) is 14.7 Å². The number of piperidine rings is 1. The van der Waals surface area contributed by atoms with Crippen LogP contribution < -0.4 is 0 Å². The van der Waals surface area contributed by atoms with Crippen molar-refractivity contribution in [3.63, 3.8) is 0 Å². The largest absolute Gasteiger partial charge is 0.388 e. The number of likely N-dealkylation sites (N-methyl/N-ethyl adjacent to an activating group) is 1. The van der Waals surface area contributed by atoms with Crippen LogP contribution in [0.25, 0.3) is 0 Å². The van der Waals surface area contributed by atoms with Gasteiger partial charge in [-0.2, -0.15) is 0 Å². The second-order valence-electron chi connectivity index (χ2n) is 5.74. The molecule has 2 rings (SSSR count). The van der Waals surface area contributed by atoms with Crippen molar-refractivity contribution in [3.8, 4) is 0 Å². The molecule has 2 saturated heterocycles. The molecule has 100 valence electrons. The Kier molecular flexibility index (Phi) is 4.42. The number of nitrogens with zero attached hydrogens (tertiary/aromatic N) is 3. The normalized spacial score (nSPS) is 28.4. The van der Waals surface area contributed by atoms with Crippen LogP contribution in [-0.2, 0) is 0 Å². The van der Waals surface area contributed by atoms with E-state index in [4.69, 9.17) is 0 Å². The van der Waals surface area contributed by atoms with Crippen molar-refractivity contribution < 1.29 is 5.11 Å². The van der Waals surface area contributed by atoms with E-state index in [1.54, 1.807) is 0 Å². The van der Waals surface area contributed by atoms with Crippen LogP contribution in [0.15, 0.2) is 0 Å². The summed E-state index contributed by atoms with van der Waals surface area (Å²) in [7, 11) is 2.17. The maximum absolute atomic E-state index is 10.6. The van der Waals surface area contributed by atoms with Gasteiger partial charge in [0.25, 0.3) is 0 Å². The Morgan fingerprint density at radius 1 is 0.941 bits per heavy atom. The first-order chi connectivity index (χ1) is 8.11. The molecule has 0 aromatic heterocycles. The summed E-state index contributed by atoms with van der Waals surface area (Å²) in [6.07, 6.45) is 1.88. The summed E-state index contributed by atoms with van der Waals surface area (Å²) in [5.41, 5.74) is -0.429. The van der Waals surface area contributed by atoms with Crippen LogP contribution in [0.4, 0.5) is 0 Å². The lowest BCUT2D eigenvalue weighted by molar-refractivity contribution is -0.0505. The smallest absolute Gasteiger partial charge is 0.0798 e. The Labute approximate surface area is 105 Å². The van der Waals surface area contributed by atoms with Gasteiger partial charge in [-0.05, 0) is 26.4 Å². The molecule has 2 fully saturated rings. The van der Waals surface area contributed by atoms with Crippen LogP contribution in [-0.4, -0.2) is 84.8 Å². The summed E-state index contributed by atoms with van der Waals surface area (Å²) in [5.74, 6) is 0. The van der Waals surface area contributed by atoms with Crippen LogP contribution in [0.2, 0.25) is 0 Å². The second kappa shape index (κ2) is 5.65. The van der Waals surface area contributed by atoms with Crippen LogP contribution in [0, 0.1) is 0 Å². The molecule has 4 heteroatoms. The minimum Gasteiger partial charge on any atom is -0.388 e. The zero-order valence-electron chi connectivity index (χ0n) is 11.4. The molecule has 0 aromatic carbocycles. The van der Waals surface area contributed by atoms with Gasteiger partial charge in [0, 0.05) is 45.8 Å². The van der Waals surface area contributed by atoms with E-state index < -0.39 is 5.60 Å². The van der Waals surface area contributed by atoms with Crippen molar-refractivity contribution >= 4 is 0 Å². The fourth-order valence-corrected chi connectivity index (χ4v) is 2.87. The van der Waals surface area contributed by atoms with E-state index in [0.29, 0.717) is 0 Å². The van der Waals surface area contributed by atoms with Gasteiger partial charge < -0.3 is 14.9 Å². The van der Waals surface area contributed by atoms with Crippen molar-refractivity contribution in [3.05, 3.63) is 0 Å². The van der Waals surface area contributed by atoms with Crippen molar-refractivity contribution in [2.45, 2.75) is 25.4 Å². The highest BCUT2D eigenvalue weighted by Gasteiger charge is 2.34. The number of rotatable bonds is 3. The molecule has 0 aromatic rings. The summed E-state index contributed by atoms with van der Waals surface area (Å²) in [6.45, 7) is 10.8. The third-order valence-corrected chi connectivity index (χ3v) is 4.35. The highest BCUT2D eigenvalue weighted by Crippen LogP contribution is 2.23. The molecular weight excluding hydrogens is 214 g/mol. The summed E-state index contributed by atoms with van der Waals surface area (Å²) in [6, 6.07) is 0. The fraction of sp³-hybridized carbons (Fsp3) is 1.00. The molecule has 2 aliphatic rings. The lowest BCUT2D eigenvalue weighted by Crippen LogP contribution is -2.54. The van der Waals surface area contributed by atoms with Crippen LogP contribution in [0.1, 0.15) is 19.8 Å². The van der Waals surface area contributed by atoms with Gasteiger partial charge in [-0.15, -0.1) is 0 Å². The average molecular weight is 241 g/mol. The molecule has 2 heterocycles. The van der Waals surface area contributed by atoms with Crippen molar-refractivity contribution in [2.75, 3.05) is 59.4 Å². The standard InChI is InChI=1S/C13H27N3O/c1-3-15-6-4-13(17,5-7-15)12-16-10-8-14(2)9-11-16/h17H,3-12H2,1-2H3. The Bertz CT molecular complexity index is 231. The van der Waals surface area contributed by atoms with Gasteiger partial charge in [-0.1, -0.05) is 6.92 Å². The Balaban J connectivity index is 1.78. The summed E-state index contributed by atoms with van der Waals surface area (Å²) in [5, 5.41) is 10.6. The highest BCUT2D eigenvalue weighted by molar-refractivity contribution is 4.89. The number of piperazine rings is 1. The quantitative estimate of drug-likeness (QED) is 0.758. The summed E-state index contributed by atoms with van der Waals surface area (Å²) < 4.78 is 0. The van der Waals surface area contributed by atoms with Gasteiger partial charge in [-0.25, -0.2) is 0 Å². The zero-order chi connectivity index (χ0) is 12.3. The van der Waals surface area contributed by atoms with E-state index >= 15 is 0 Å². The number of likely N-dealkylation sites (tertiary alicyclic amines) is 1.